The molecular formula is C13H20N2O2S. The van der Waals surface area contributed by atoms with E-state index in [2.05, 4.69) is 5.32 Å². The second-order valence-electron chi connectivity index (χ2n) is 4.91. The number of nitrogens with zero attached hydrogens (tertiary/aromatic N) is 1. The summed E-state index contributed by atoms with van der Waals surface area (Å²) in [6.07, 6.45) is 4.69. The number of nitrogens with one attached hydrogen (secondary N) is 1. The predicted molar refractivity (Wildman–Crippen MR) is 73.2 cm³/mol. The Morgan fingerprint density at radius 1 is 1.17 bits per heavy atom. The highest BCUT2D eigenvalue weighted by atomic mass is 32.2. The van der Waals surface area contributed by atoms with Crippen LogP contribution in [0.1, 0.15) is 25.7 Å². The largest absolute Gasteiger partial charge is 0.381 e. The van der Waals surface area contributed by atoms with Crippen molar-refractivity contribution in [3.63, 3.8) is 0 Å². The Hall–Kier alpha value is -1.07. The van der Waals surface area contributed by atoms with Gasteiger partial charge in [-0.25, -0.2) is 12.7 Å². The van der Waals surface area contributed by atoms with E-state index in [0.717, 1.165) is 18.5 Å². The first-order valence-corrected chi connectivity index (χ1v) is 7.74. The quantitative estimate of drug-likeness (QED) is 0.911. The summed E-state index contributed by atoms with van der Waals surface area (Å²) in [5.74, 6) is 0. The Balaban J connectivity index is 2.31. The smallest absolute Gasteiger partial charge is 0.244 e. The molecule has 0 aliphatic heterocycles. The van der Waals surface area contributed by atoms with Crippen molar-refractivity contribution in [2.24, 2.45) is 0 Å². The molecule has 0 heterocycles. The third kappa shape index (κ3) is 2.67. The molecule has 100 valence electrons. The van der Waals surface area contributed by atoms with Crippen LogP contribution in [0.4, 0.5) is 5.69 Å². The summed E-state index contributed by atoms with van der Waals surface area (Å²) in [4.78, 5) is 0.363. The molecule has 0 amide bonds. The molecule has 5 heteroatoms. The molecule has 0 radical (unpaired) electrons. The highest BCUT2D eigenvalue weighted by molar-refractivity contribution is 7.89. The number of hydrogen-bond donors (Lipinski definition) is 1. The van der Waals surface area contributed by atoms with Crippen LogP contribution in [0, 0.1) is 0 Å². The van der Waals surface area contributed by atoms with Gasteiger partial charge in [0.15, 0.2) is 0 Å². The molecular weight excluding hydrogens is 248 g/mol. The summed E-state index contributed by atoms with van der Waals surface area (Å²) in [7, 11) is -0.264. The fourth-order valence-corrected chi connectivity index (χ4v) is 3.35. The minimum absolute atomic E-state index is 0.363. The first-order valence-electron chi connectivity index (χ1n) is 6.30. The zero-order valence-electron chi connectivity index (χ0n) is 10.9. The molecule has 0 bridgehead atoms. The monoisotopic (exact) mass is 268 g/mol. The van der Waals surface area contributed by atoms with Crippen molar-refractivity contribution in [1.82, 2.24) is 4.31 Å². The highest BCUT2D eigenvalue weighted by Gasteiger charge is 2.23. The van der Waals surface area contributed by atoms with Gasteiger partial charge in [0.1, 0.15) is 4.90 Å². The van der Waals surface area contributed by atoms with Crippen LogP contribution in [-0.4, -0.2) is 32.9 Å². The number of rotatable bonds is 4. The average Bonchev–Trinajstić information content (AvgIpc) is 2.82. The molecule has 1 aromatic carbocycles. The van der Waals surface area contributed by atoms with Crippen LogP contribution in [0.3, 0.4) is 0 Å². The van der Waals surface area contributed by atoms with Crippen LogP contribution < -0.4 is 5.32 Å². The van der Waals surface area contributed by atoms with Gasteiger partial charge in [0.2, 0.25) is 10.0 Å². The van der Waals surface area contributed by atoms with Crippen LogP contribution in [0.5, 0.6) is 0 Å². The number of anilines is 1. The zero-order chi connectivity index (χ0) is 13.2. The molecule has 0 spiro atoms. The van der Waals surface area contributed by atoms with Crippen LogP contribution in [0.2, 0.25) is 0 Å². The SMILES string of the molecule is CN(C)S(=O)(=O)c1ccccc1NC1CCCC1. The lowest BCUT2D eigenvalue weighted by Gasteiger charge is -2.19. The van der Waals surface area contributed by atoms with Crippen molar-refractivity contribution in [2.45, 2.75) is 36.6 Å². The minimum Gasteiger partial charge on any atom is -0.381 e. The minimum atomic E-state index is -3.38. The van der Waals surface area contributed by atoms with Gasteiger partial charge >= 0.3 is 0 Å². The normalized spacial score (nSPS) is 17.3. The fraction of sp³-hybridized carbons (Fsp3) is 0.538. The molecule has 1 saturated carbocycles. The van der Waals surface area contributed by atoms with E-state index in [4.69, 9.17) is 0 Å². The number of sulfonamides is 1. The maximum Gasteiger partial charge on any atom is 0.244 e. The van der Waals surface area contributed by atoms with Crippen LogP contribution in [0.25, 0.3) is 0 Å². The molecule has 0 aromatic heterocycles. The number of para-hydroxylation sites is 1. The second kappa shape index (κ2) is 5.28. The Kier molecular flexibility index (Phi) is 3.92. The molecule has 1 aliphatic carbocycles. The van der Waals surface area contributed by atoms with E-state index in [0.29, 0.717) is 10.9 Å². The van der Waals surface area contributed by atoms with Crippen LogP contribution in [-0.2, 0) is 10.0 Å². The van der Waals surface area contributed by atoms with E-state index in [1.807, 2.05) is 12.1 Å². The summed E-state index contributed by atoms with van der Waals surface area (Å²) >= 11 is 0. The molecule has 4 nitrogen and oxygen atoms in total. The first kappa shape index (κ1) is 13.4. The van der Waals surface area contributed by atoms with E-state index in [1.54, 1.807) is 26.2 Å². The molecule has 0 saturated heterocycles. The molecule has 0 atom stereocenters. The average molecular weight is 268 g/mol. The second-order valence-corrected chi connectivity index (χ2v) is 7.03. The molecule has 0 unspecified atom stereocenters. The molecule has 1 fully saturated rings. The Morgan fingerprint density at radius 3 is 2.39 bits per heavy atom. The predicted octanol–water partition coefficient (Wildman–Crippen LogP) is 2.29. The van der Waals surface area contributed by atoms with Crippen LogP contribution in [0.15, 0.2) is 29.2 Å². The lowest BCUT2D eigenvalue weighted by molar-refractivity contribution is 0.521. The van der Waals surface area contributed by atoms with Crippen molar-refractivity contribution < 1.29 is 8.42 Å². The van der Waals surface area contributed by atoms with Crippen LogP contribution >= 0.6 is 0 Å². The summed E-state index contributed by atoms with van der Waals surface area (Å²) in [5.41, 5.74) is 0.720. The van der Waals surface area contributed by atoms with Crippen molar-refractivity contribution in [3.05, 3.63) is 24.3 Å². The van der Waals surface area contributed by atoms with Gasteiger partial charge in [-0.05, 0) is 25.0 Å². The van der Waals surface area contributed by atoms with E-state index >= 15 is 0 Å². The zero-order valence-corrected chi connectivity index (χ0v) is 11.7. The molecule has 1 aromatic rings. The lowest BCUT2D eigenvalue weighted by Crippen LogP contribution is -2.24. The van der Waals surface area contributed by atoms with E-state index < -0.39 is 10.0 Å². The fourth-order valence-electron chi connectivity index (χ4n) is 2.30. The van der Waals surface area contributed by atoms with Gasteiger partial charge in [-0.15, -0.1) is 0 Å². The van der Waals surface area contributed by atoms with Gasteiger partial charge < -0.3 is 5.32 Å². The van der Waals surface area contributed by atoms with Gasteiger partial charge in [0.25, 0.3) is 0 Å². The number of hydrogen-bond acceptors (Lipinski definition) is 3. The van der Waals surface area contributed by atoms with Crippen molar-refractivity contribution >= 4 is 15.7 Å². The van der Waals surface area contributed by atoms with Crippen molar-refractivity contribution in [3.8, 4) is 0 Å². The molecule has 1 N–H and O–H groups in total. The summed E-state index contributed by atoms with van der Waals surface area (Å²) in [5, 5.41) is 3.36. The lowest BCUT2D eigenvalue weighted by atomic mass is 10.2. The highest BCUT2D eigenvalue weighted by Crippen LogP contribution is 2.27. The summed E-state index contributed by atoms with van der Waals surface area (Å²) in [6, 6.07) is 7.53. The first-order chi connectivity index (χ1) is 8.51. The topological polar surface area (TPSA) is 49.4 Å². The Bertz CT molecular complexity index is 505. The van der Waals surface area contributed by atoms with Gasteiger partial charge in [-0.1, -0.05) is 25.0 Å². The standard InChI is InChI=1S/C13H20N2O2S/c1-15(2)18(16,17)13-10-6-5-9-12(13)14-11-7-3-4-8-11/h5-6,9-11,14H,3-4,7-8H2,1-2H3. The Morgan fingerprint density at radius 2 is 1.78 bits per heavy atom. The molecule has 18 heavy (non-hydrogen) atoms. The van der Waals surface area contributed by atoms with Crippen molar-refractivity contribution in [1.29, 1.82) is 0 Å². The van der Waals surface area contributed by atoms with E-state index in [9.17, 15) is 8.42 Å². The van der Waals surface area contributed by atoms with E-state index in [1.165, 1.54) is 17.1 Å². The maximum atomic E-state index is 12.2. The summed E-state index contributed by atoms with van der Waals surface area (Å²) in [6.45, 7) is 0. The maximum absolute atomic E-state index is 12.2. The molecule has 2 rings (SSSR count). The third-order valence-electron chi connectivity index (χ3n) is 3.36. The van der Waals surface area contributed by atoms with E-state index in [-0.39, 0.29) is 0 Å². The van der Waals surface area contributed by atoms with Gasteiger partial charge in [0, 0.05) is 20.1 Å². The van der Waals surface area contributed by atoms with Gasteiger partial charge in [-0.3, -0.25) is 0 Å². The Labute approximate surface area is 109 Å². The van der Waals surface area contributed by atoms with Gasteiger partial charge in [0.05, 0.1) is 5.69 Å². The van der Waals surface area contributed by atoms with Crippen molar-refractivity contribution in [2.75, 3.05) is 19.4 Å². The van der Waals surface area contributed by atoms with Gasteiger partial charge in [-0.2, -0.15) is 0 Å². The molecule has 1 aliphatic rings. The third-order valence-corrected chi connectivity index (χ3v) is 5.23. The number of benzene rings is 1. The summed E-state index contributed by atoms with van der Waals surface area (Å²) < 4.78 is 25.7.